The van der Waals surface area contributed by atoms with Crippen molar-refractivity contribution in [1.29, 1.82) is 0 Å². The van der Waals surface area contributed by atoms with E-state index in [9.17, 15) is 4.79 Å². The highest BCUT2D eigenvalue weighted by molar-refractivity contribution is 5.88. The van der Waals surface area contributed by atoms with Gasteiger partial charge in [0.1, 0.15) is 5.60 Å². The Hall–Kier alpha value is -0.410. The van der Waals surface area contributed by atoms with Crippen molar-refractivity contribution in [3.63, 3.8) is 0 Å². The monoisotopic (exact) mass is 159 g/mol. The summed E-state index contributed by atoms with van der Waals surface area (Å²) in [6, 6.07) is 0. The van der Waals surface area contributed by atoms with Crippen LogP contribution in [0.2, 0.25) is 0 Å². The molecule has 3 heteroatoms. The number of carbonyl (C=O) groups excluding carboxylic acids is 1. The summed E-state index contributed by atoms with van der Waals surface area (Å²) in [4.78, 5) is 11.4. The average molecular weight is 159 g/mol. The molecule has 0 aromatic heterocycles. The molecule has 3 nitrogen and oxygen atoms in total. The van der Waals surface area contributed by atoms with Gasteiger partial charge in [0.05, 0.1) is 6.73 Å². The quantitative estimate of drug-likeness (QED) is 0.621. The molecule has 0 bridgehead atoms. The van der Waals surface area contributed by atoms with E-state index in [0.29, 0.717) is 0 Å². The van der Waals surface area contributed by atoms with Crippen LogP contribution in [0.4, 0.5) is 0 Å². The second-order valence-electron chi connectivity index (χ2n) is 3.34. The first kappa shape index (κ1) is 10.6. The number of hydrogen-bond donors (Lipinski definition) is 1. The molecule has 11 heavy (non-hydrogen) atoms. The van der Waals surface area contributed by atoms with E-state index in [4.69, 9.17) is 10.5 Å². The van der Waals surface area contributed by atoms with E-state index in [1.54, 1.807) is 13.8 Å². The number of hydrogen-bond acceptors (Lipinski definition) is 3. The lowest BCUT2D eigenvalue weighted by atomic mass is 9.94. The highest BCUT2D eigenvalue weighted by atomic mass is 16.5. The summed E-state index contributed by atoms with van der Waals surface area (Å²) in [6.07, 6.45) is 0. The molecule has 0 unspecified atom stereocenters. The molecule has 0 radical (unpaired) electrons. The van der Waals surface area contributed by atoms with Gasteiger partial charge in [-0.1, -0.05) is 13.8 Å². The average Bonchev–Trinajstić information content (AvgIpc) is 1.86. The van der Waals surface area contributed by atoms with Crippen molar-refractivity contribution in [2.75, 3.05) is 6.73 Å². The summed E-state index contributed by atoms with van der Waals surface area (Å²) in [7, 11) is 0. The number of Topliss-reactive ketones (excluding diaryl/α,β-unsaturated/α-hetero) is 1. The van der Waals surface area contributed by atoms with Crippen LogP contribution in [0.25, 0.3) is 0 Å². The SMILES string of the molecule is CC(C)C(=O)C(C)(C)OCN. The van der Waals surface area contributed by atoms with Crippen LogP contribution < -0.4 is 5.73 Å². The van der Waals surface area contributed by atoms with Gasteiger partial charge in [-0.15, -0.1) is 0 Å². The third kappa shape index (κ3) is 2.99. The Morgan fingerprint density at radius 1 is 1.55 bits per heavy atom. The predicted octanol–water partition coefficient (Wildman–Crippen LogP) is 0.923. The smallest absolute Gasteiger partial charge is 0.166 e. The third-order valence-corrected chi connectivity index (χ3v) is 1.56. The predicted molar refractivity (Wildman–Crippen MR) is 44.1 cm³/mol. The van der Waals surface area contributed by atoms with Crippen molar-refractivity contribution in [2.45, 2.75) is 33.3 Å². The maximum Gasteiger partial charge on any atom is 0.166 e. The molecule has 0 spiro atoms. The van der Waals surface area contributed by atoms with Crippen LogP contribution in [0.3, 0.4) is 0 Å². The summed E-state index contributed by atoms with van der Waals surface area (Å²) >= 11 is 0. The number of ketones is 1. The molecule has 0 aliphatic rings. The molecule has 0 rings (SSSR count). The molecule has 0 aromatic carbocycles. The number of rotatable bonds is 4. The van der Waals surface area contributed by atoms with Gasteiger partial charge in [-0.2, -0.15) is 0 Å². The van der Waals surface area contributed by atoms with Gasteiger partial charge in [-0.05, 0) is 13.8 Å². The normalized spacial score (nSPS) is 12.2. The number of nitrogens with two attached hydrogens (primary N) is 1. The summed E-state index contributed by atoms with van der Waals surface area (Å²) in [5.41, 5.74) is 4.44. The van der Waals surface area contributed by atoms with Gasteiger partial charge < -0.3 is 10.5 Å². The van der Waals surface area contributed by atoms with Crippen LogP contribution in [-0.4, -0.2) is 18.1 Å². The minimum absolute atomic E-state index is 0.00319. The Morgan fingerprint density at radius 2 is 2.00 bits per heavy atom. The molecule has 0 saturated carbocycles. The van der Waals surface area contributed by atoms with E-state index in [1.807, 2.05) is 13.8 Å². The van der Waals surface area contributed by atoms with Gasteiger partial charge in [-0.3, -0.25) is 4.79 Å². The standard InChI is InChI=1S/C8H17NO2/c1-6(2)7(10)8(3,4)11-5-9/h6H,5,9H2,1-4H3. The number of carbonyl (C=O) groups is 1. The molecule has 0 heterocycles. The van der Waals surface area contributed by atoms with Gasteiger partial charge in [0.2, 0.25) is 0 Å². The van der Waals surface area contributed by atoms with Crippen molar-refractivity contribution < 1.29 is 9.53 Å². The highest BCUT2D eigenvalue weighted by Crippen LogP contribution is 2.14. The molecule has 66 valence electrons. The zero-order valence-corrected chi connectivity index (χ0v) is 7.68. The van der Waals surface area contributed by atoms with Crippen LogP contribution >= 0.6 is 0 Å². The Kier molecular flexibility index (Phi) is 3.69. The first-order chi connectivity index (χ1) is 4.91. The Bertz CT molecular complexity index is 141. The fourth-order valence-electron chi connectivity index (χ4n) is 0.975. The van der Waals surface area contributed by atoms with E-state index in [0.717, 1.165) is 0 Å². The van der Waals surface area contributed by atoms with Crippen molar-refractivity contribution in [1.82, 2.24) is 0 Å². The zero-order chi connectivity index (χ0) is 9.07. The molecule has 0 atom stereocenters. The minimum atomic E-state index is -0.733. The maximum atomic E-state index is 11.4. The molecule has 0 aliphatic heterocycles. The largest absolute Gasteiger partial charge is 0.353 e. The van der Waals surface area contributed by atoms with Crippen molar-refractivity contribution >= 4 is 5.78 Å². The zero-order valence-electron chi connectivity index (χ0n) is 7.68. The van der Waals surface area contributed by atoms with Crippen LogP contribution in [-0.2, 0) is 9.53 Å². The number of ether oxygens (including phenoxy) is 1. The van der Waals surface area contributed by atoms with E-state index in [-0.39, 0.29) is 18.4 Å². The molecular formula is C8H17NO2. The molecule has 0 aromatic rings. The van der Waals surface area contributed by atoms with E-state index < -0.39 is 5.60 Å². The van der Waals surface area contributed by atoms with Gasteiger partial charge in [0, 0.05) is 5.92 Å². The van der Waals surface area contributed by atoms with Gasteiger partial charge in [0.25, 0.3) is 0 Å². The second-order valence-corrected chi connectivity index (χ2v) is 3.34. The minimum Gasteiger partial charge on any atom is -0.353 e. The lowest BCUT2D eigenvalue weighted by Gasteiger charge is -2.24. The van der Waals surface area contributed by atoms with Crippen molar-refractivity contribution in [2.24, 2.45) is 11.7 Å². The molecule has 0 saturated heterocycles. The van der Waals surface area contributed by atoms with Gasteiger partial charge in [0.15, 0.2) is 5.78 Å². The third-order valence-electron chi connectivity index (χ3n) is 1.56. The molecular weight excluding hydrogens is 142 g/mol. The Morgan fingerprint density at radius 3 is 2.27 bits per heavy atom. The van der Waals surface area contributed by atoms with E-state index >= 15 is 0 Å². The molecule has 0 fully saturated rings. The van der Waals surface area contributed by atoms with Crippen molar-refractivity contribution in [3.8, 4) is 0 Å². The fraction of sp³-hybridized carbons (Fsp3) is 0.875. The summed E-state index contributed by atoms with van der Waals surface area (Å²) in [5, 5.41) is 0. The van der Waals surface area contributed by atoms with Crippen molar-refractivity contribution in [3.05, 3.63) is 0 Å². The summed E-state index contributed by atoms with van der Waals surface area (Å²) in [6.45, 7) is 7.27. The Labute approximate surface area is 67.9 Å². The lowest BCUT2D eigenvalue weighted by molar-refractivity contribution is -0.143. The highest BCUT2D eigenvalue weighted by Gasteiger charge is 2.29. The molecule has 0 amide bonds. The van der Waals surface area contributed by atoms with Crippen LogP contribution in [0.5, 0.6) is 0 Å². The van der Waals surface area contributed by atoms with Crippen LogP contribution in [0, 0.1) is 5.92 Å². The first-order valence-electron chi connectivity index (χ1n) is 3.80. The van der Waals surface area contributed by atoms with E-state index in [1.165, 1.54) is 0 Å². The van der Waals surface area contributed by atoms with Crippen LogP contribution in [0.15, 0.2) is 0 Å². The van der Waals surface area contributed by atoms with Gasteiger partial charge in [-0.25, -0.2) is 0 Å². The molecule has 2 N–H and O–H groups in total. The summed E-state index contributed by atoms with van der Waals surface area (Å²) < 4.78 is 5.08. The summed E-state index contributed by atoms with van der Waals surface area (Å²) in [5.74, 6) is 0.0829. The first-order valence-corrected chi connectivity index (χ1v) is 3.80. The lowest BCUT2D eigenvalue weighted by Crippen LogP contribution is -2.39. The Balaban J connectivity index is 4.17. The van der Waals surface area contributed by atoms with Crippen LogP contribution in [0.1, 0.15) is 27.7 Å². The maximum absolute atomic E-state index is 11.4. The fourth-order valence-corrected chi connectivity index (χ4v) is 0.975. The van der Waals surface area contributed by atoms with Gasteiger partial charge >= 0.3 is 0 Å². The topological polar surface area (TPSA) is 52.3 Å². The molecule has 0 aliphatic carbocycles. The second kappa shape index (κ2) is 3.83. The van der Waals surface area contributed by atoms with E-state index in [2.05, 4.69) is 0 Å².